The molecule has 3 aromatic carbocycles. The minimum Gasteiger partial charge on any atom is -0.340 e. The molecule has 5 aromatic rings. The number of rotatable bonds is 4. The van der Waals surface area contributed by atoms with Crippen molar-refractivity contribution in [3.05, 3.63) is 95.8 Å². The van der Waals surface area contributed by atoms with Crippen molar-refractivity contribution >= 4 is 34.2 Å². The van der Waals surface area contributed by atoms with E-state index < -0.39 is 0 Å². The van der Waals surface area contributed by atoms with E-state index >= 15 is 0 Å². The molecule has 6 rings (SSSR count). The van der Waals surface area contributed by atoms with Crippen LogP contribution in [-0.2, 0) is 6.42 Å². The van der Waals surface area contributed by atoms with Crippen LogP contribution in [0.1, 0.15) is 23.4 Å². The van der Waals surface area contributed by atoms with Crippen LogP contribution >= 0.6 is 0 Å². The number of nitrogens with zero attached hydrogens (tertiary/aromatic N) is 6. The molecule has 0 bridgehead atoms. The number of carbonyl (C=O) groups excluding carboxylic acids is 1. The first-order chi connectivity index (χ1) is 18.2. The summed E-state index contributed by atoms with van der Waals surface area (Å²) in [5, 5.41) is 13.2. The van der Waals surface area contributed by atoms with Gasteiger partial charge >= 0.3 is 6.03 Å². The quantitative estimate of drug-likeness (QED) is 0.386. The standard InChI is InChI=1S/C29H29N7O/c1-21-12-14-23(15-13-21)30-29(37)35-17-7-16-34(18-19-35)28-31-25-11-6-5-10-24(25)27-33-32-26(36(27)28)20-22-8-3-2-4-9-22/h2-6,8-15H,7,16-20H2,1H3,(H,30,37). The molecule has 0 unspecified atom stereocenters. The number of aromatic nitrogens is 4. The summed E-state index contributed by atoms with van der Waals surface area (Å²) in [4.78, 5) is 22.2. The summed E-state index contributed by atoms with van der Waals surface area (Å²) in [6, 6.07) is 26.2. The minimum absolute atomic E-state index is 0.0728. The highest BCUT2D eigenvalue weighted by Gasteiger charge is 2.24. The van der Waals surface area contributed by atoms with Crippen LogP contribution in [0, 0.1) is 6.92 Å². The first-order valence-electron chi connectivity index (χ1n) is 12.7. The van der Waals surface area contributed by atoms with Gasteiger partial charge in [0.1, 0.15) is 5.82 Å². The smallest absolute Gasteiger partial charge is 0.321 e. The number of para-hydroxylation sites is 1. The monoisotopic (exact) mass is 491 g/mol. The fourth-order valence-corrected chi connectivity index (χ4v) is 4.88. The molecule has 186 valence electrons. The summed E-state index contributed by atoms with van der Waals surface area (Å²) in [5.41, 5.74) is 4.85. The maximum atomic E-state index is 13.0. The molecule has 1 N–H and O–H groups in total. The van der Waals surface area contributed by atoms with Crippen LogP contribution in [0.15, 0.2) is 78.9 Å². The number of aryl methyl sites for hydroxylation is 1. The van der Waals surface area contributed by atoms with Crippen LogP contribution in [0.2, 0.25) is 0 Å². The van der Waals surface area contributed by atoms with E-state index in [0.717, 1.165) is 47.0 Å². The Morgan fingerprint density at radius 2 is 1.65 bits per heavy atom. The van der Waals surface area contributed by atoms with Gasteiger partial charge in [-0.1, -0.05) is 60.2 Å². The molecule has 1 aliphatic rings. The van der Waals surface area contributed by atoms with Crippen LogP contribution in [0.3, 0.4) is 0 Å². The molecule has 3 heterocycles. The van der Waals surface area contributed by atoms with Gasteiger partial charge in [0, 0.05) is 43.7 Å². The molecule has 8 nitrogen and oxygen atoms in total. The molecule has 37 heavy (non-hydrogen) atoms. The van der Waals surface area contributed by atoms with Gasteiger partial charge in [0.15, 0.2) is 5.65 Å². The molecular formula is C29H29N7O. The highest BCUT2D eigenvalue weighted by atomic mass is 16.2. The number of urea groups is 1. The van der Waals surface area contributed by atoms with Gasteiger partial charge in [0.05, 0.1) is 5.52 Å². The van der Waals surface area contributed by atoms with Crippen molar-refractivity contribution in [3.8, 4) is 0 Å². The molecule has 1 aliphatic heterocycles. The average molecular weight is 492 g/mol. The zero-order valence-electron chi connectivity index (χ0n) is 20.8. The summed E-state index contributed by atoms with van der Waals surface area (Å²) in [7, 11) is 0. The molecule has 2 aromatic heterocycles. The van der Waals surface area contributed by atoms with Crippen molar-refractivity contribution < 1.29 is 4.79 Å². The zero-order valence-corrected chi connectivity index (χ0v) is 20.8. The van der Waals surface area contributed by atoms with E-state index in [0.29, 0.717) is 26.1 Å². The zero-order chi connectivity index (χ0) is 25.2. The van der Waals surface area contributed by atoms with Gasteiger partial charge in [-0.25, -0.2) is 14.2 Å². The van der Waals surface area contributed by atoms with Crippen molar-refractivity contribution in [3.63, 3.8) is 0 Å². The van der Waals surface area contributed by atoms with Gasteiger partial charge in [-0.2, -0.15) is 0 Å². The van der Waals surface area contributed by atoms with E-state index in [4.69, 9.17) is 4.98 Å². The van der Waals surface area contributed by atoms with E-state index in [1.807, 2.05) is 78.6 Å². The first-order valence-corrected chi connectivity index (χ1v) is 12.7. The Morgan fingerprint density at radius 1 is 0.865 bits per heavy atom. The highest BCUT2D eigenvalue weighted by Crippen LogP contribution is 2.26. The van der Waals surface area contributed by atoms with E-state index in [9.17, 15) is 4.79 Å². The fourth-order valence-electron chi connectivity index (χ4n) is 4.88. The summed E-state index contributed by atoms with van der Waals surface area (Å²) >= 11 is 0. The maximum Gasteiger partial charge on any atom is 0.321 e. The van der Waals surface area contributed by atoms with Crippen molar-refractivity contribution in [1.82, 2.24) is 24.5 Å². The van der Waals surface area contributed by atoms with Crippen LogP contribution in [0.25, 0.3) is 16.6 Å². The highest BCUT2D eigenvalue weighted by molar-refractivity contribution is 5.92. The van der Waals surface area contributed by atoms with Crippen molar-refractivity contribution in [2.24, 2.45) is 0 Å². The number of amides is 2. The Morgan fingerprint density at radius 3 is 2.49 bits per heavy atom. The number of carbonyl (C=O) groups is 1. The molecule has 8 heteroatoms. The Balaban J connectivity index is 1.30. The number of nitrogens with one attached hydrogen (secondary N) is 1. The molecule has 2 amide bonds. The lowest BCUT2D eigenvalue weighted by Crippen LogP contribution is -2.38. The van der Waals surface area contributed by atoms with E-state index in [-0.39, 0.29) is 6.03 Å². The Labute approximate surface area is 215 Å². The van der Waals surface area contributed by atoms with Gasteiger partial charge in [0.2, 0.25) is 5.95 Å². The lowest BCUT2D eigenvalue weighted by atomic mass is 10.1. The summed E-state index contributed by atoms with van der Waals surface area (Å²) in [6.07, 6.45) is 1.50. The van der Waals surface area contributed by atoms with Crippen LogP contribution in [0.4, 0.5) is 16.4 Å². The number of fused-ring (bicyclic) bond motifs is 3. The molecule has 0 radical (unpaired) electrons. The lowest BCUT2D eigenvalue weighted by molar-refractivity contribution is 0.215. The normalized spacial score (nSPS) is 14.2. The van der Waals surface area contributed by atoms with Crippen LogP contribution in [0.5, 0.6) is 0 Å². The fraction of sp³-hybridized carbons (Fsp3) is 0.241. The van der Waals surface area contributed by atoms with Crippen molar-refractivity contribution in [1.29, 1.82) is 0 Å². The number of benzene rings is 3. The van der Waals surface area contributed by atoms with E-state index in [2.05, 4.69) is 36.9 Å². The molecule has 0 atom stereocenters. The summed E-state index contributed by atoms with van der Waals surface area (Å²) < 4.78 is 2.09. The molecule has 0 spiro atoms. The van der Waals surface area contributed by atoms with E-state index in [1.54, 1.807) is 0 Å². The second-order valence-corrected chi connectivity index (χ2v) is 9.49. The topological polar surface area (TPSA) is 78.7 Å². The van der Waals surface area contributed by atoms with Crippen LogP contribution < -0.4 is 10.2 Å². The second kappa shape index (κ2) is 9.89. The third-order valence-corrected chi connectivity index (χ3v) is 6.87. The second-order valence-electron chi connectivity index (χ2n) is 9.49. The van der Waals surface area contributed by atoms with Crippen LogP contribution in [-0.4, -0.2) is 56.7 Å². The van der Waals surface area contributed by atoms with Gasteiger partial charge < -0.3 is 15.1 Å². The van der Waals surface area contributed by atoms with E-state index in [1.165, 1.54) is 11.1 Å². The number of hydrogen-bond donors (Lipinski definition) is 1. The summed E-state index contributed by atoms with van der Waals surface area (Å²) in [5.74, 6) is 1.68. The Kier molecular flexibility index (Phi) is 6.14. The summed E-state index contributed by atoms with van der Waals surface area (Å²) in [6.45, 7) is 4.78. The predicted octanol–water partition coefficient (Wildman–Crippen LogP) is 4.92. The molecule has 1 fully saturated rings. The van der Waals surface area contributed by atoms with Gasteiger partial charge in [-0.05, 0) is 43.2 Å². The maximum absolute atomic E-state index is 13.0. The first kappa shape index (κ1) is 23.0. The SMILES string of the molecule is Cc1ccc(NC(=O)N2CCCN(c3nc4ccccc4c4nnc(Cc5ccccc5)n34)CC2)cc1. The third-order valence-electron chi connectivity index (χ3n) is 6.87. The predicted molar refractivity (Wildman–Crippen MR) is 146 cm³/mol. The Hall–Kier alpha value is -4.46. The molecular weight excluding hydrogens is 462 g/mol. The van der Waals surface area contributed by atoms with Gasteiger partial charge in [0.25, 0.3) is 0 Å². The van der Waals surface area contributed by atoms with Gasteiger partial charge in [-0.15, -0.1) is 10.2 Å². The number of hydrogen-bond acceptors (Lipinski definition) is 5. The van der Waals surface area contributed by atoms with Crippen molar-refractivity contribution in [2.75, 3.05) is 36.4 Å². The largest absolute Gasteiger partial charge is 0.340 e. The molecule has 0 saturated carbocycles. The molecule has 1 saturated heterocycles. The minimum atomic E-state index is -0.0728. The third kappa shape index (κ3) is 4.70. The van der Waals surface area contributed by atoms with Crippen molar-refractivity contribution in [2.45, 2.75) is 19.8 Å². The Bertz CT molecular complexity index is 1550. The average Bonchev–Trinajstić information content (AvgIpc) is 3.18. The lowest BCUT2D eigenvalue weighted by Gasteiger charge is -2.24. The number of anilines is 2. The van der Waals surface area contributed by atoms with Gasteiger partial charge in [-0.3, -0.25) is 0 Å². The molecule has 0 aliphatic carbocycles.